The summed E-state index contributed by atoms with van der Waals surface area (Å²) in [6.45, 7) is 0. The monoisotopic (exact) mass is 353 g/mol. The van der Waals surface area contributed by atoms with Crippen molar-refractivity contribution in [2.45, 2.75) is 7.25 Å². The Balaban J connectivity index is 1.72. The molecule has 0 aliphatic heterocycles. The van der Waals surface area contributed by atoms with Crippen LogP contribution in [0.4, 0.5) is 4.39 Å². The second kappa shape index (κ2) is 5.50. The van der Waals surface area contributed by atoms with Crippen LogP contribution >= 0.6 is 0 Å². The van der Waals surface area contributed by atoms with Gasteiger partial charge in [0, 0.05) is 0 Å². The quantitative estimate of drug-likeness (QED) is 0.722. The minimum absolute atomic E-state index is 0.102. The van der Waals surface area contributed by atoms with Gasteiger partial charge in [-0.05, 0) is 0 Å². The molecule has 21 heavy (non-hydrogen) atoms. The molecule has 2 heteroatoms. The van der Waals surface area contributed by atoms with Gasteiger partial charge in [0.2, 0.25) is 0 Å². The van der Waals surface area contributed by atoms with E-state index in [0.717, 1.165) is 0 Å². The molecule has 0 nitrogen and oxygen atoms in total. The molecule has 4 rings (SSSR count). The van der Waals surface area contributed by atoms with Gasteiger partial charge in [0.25, 0.3) is 0 Å². The van der Waals surface area contributed by atoms with Crippen LogP contribution in [0.25, 0.3) is 12.2 Å². The summed E-state index contributed by atoms with van der Waals surface area (Å²) in [7, 11) is 0. The number of allylic oxidation sites excluding steroid dienone is 2. The summed E-state index contributed by atoms with van der Waals surface area (Å²) in [5, 5.41) is 0. The Morgan fingerprint density at radius 1 is 0.762 bits per heavy atom. The Labute approximate surface area is 132 Å². The van der Waals surface area contributed by atoms with Crippen LogP contribution in [0.1, 0.15) is 29.5 Å². The van der Waals surface area contributed by atoms with Crippen LogP contribution in [-0.2, 0) is 21.8 Å². The fourth-order valence-corrected chi connectivity index (χ4v) is 10.2. The molecule has 0 spiro atoms. The zero-order chi connectivity index (χ0) is 14.2. The minimum atomic E-state index is -2.30. The van der Waals surface area contributed by atoms with Gasteiger partial charge in [-0.3, -0.25) is 0 Å². The van der Waals surface area contributed by atoms with Gasteiger partial charge >= 0.3 is 133 Å². The van der Waals surface area contributed by atoms with Gasteiger partial charge in [0.05, 0.1) is 0 Å². The normalized spacial score (nSPS) is 21.4. The predicted octanol–water partition coefficient (Wildman–Crippen LogP) is 5.07. The molecule has 0 heterocycles. The van der Waals surface area contributed by atoms with E-state index < -0.39 is 21.8 Å². The summed E-state index contributed by atoms with van der Waals surface area (Å²) in [6, 6.07) is 16.9. The first kappa shape index (κ1) is 13.4. The van der Waals surface area contributed by atoms with Crippen molar-refractivity contribution in [3.63, 3.8) is 0 Å². The van der Waals surface area contributed by atoms with Crippen LogP contribution in [0.5, 0.6) is 0 Å². The van der Waals surface area contributed by atoms with Crippen molar-refractivity contribution in [2.24, 2.45) is 0 Å². The fraction of sp³-hybridized carbons (Fsp3) is 0.158. The Hall–Kier alpha value is -1.27. The molecule has 2 unspecified atom stereocenters. The van der Waals surface area contributed by atoms with Gasteiger partial charge in [-0.15, -0.1) is 0 Å². The average Bonchev–Trinajstić information content (AvgIpc) is 3.14. The van der Waals surface area contributed by atoms with Crippen LogP contribution in [0, 0.1) is 0 Å². The Kier molecular flexibility index (Phi) is 3.51. The fourth-order valence-electron chi connectivity index (χ4n) is 3.51. The van der Waals surface area contributed by atoms with Crippen molar-refractivity contribution in [1.29, 1.82) is 0 Å². The molecule has 0 radical (unpaired) electrons. The first-order valence-corrected chi connectivity index (χ1v) is 11.9. The van der Waals surface area contributed by atoms with Gasteiger partial charge in [0.15, 0.2) is 0 Å². The number of alkyl halides is 1. The molecule has 2 aliphatic carbocycles. The van der Waals surface area contributed by atoms with E-state index in [1.807, 2.05) is 0 Å². The molecular formula is C19H16FZr. The number of benzene rings is 2. The third-order valence-electron chi connectivity index (χ3n) is 4.55. The summed E-state index contributed by atoms with van der Waals surface area (Å²) in [6.07, 6.45) is 8.88. The van der Waals surface area contributed by atoms with E-state index in [1.165, 1.54) is 22.3 Å². The molecular weight excluding hydrogens is 338 g/mol. The summed E-state index contributed by atoms with van der Waals surface area (Å²) in [4.78, 5) is 0. The van der Waals surface area contributed by atoms with Crippen LogP contribution < -0.4 is 0 Å². The summed E-state index contributed by atoms with van der Waals surface area (Å²) >= 11 is -2.30. The second-order valence-corrected chi connectivity index (χ2v) is 12.2. The van der Waals surface area contributed by atoms with E-state index in [-0.39, 0.29) is 4.38 Å². The molecule has 0 saturated heterocycles. The number of hydrogen-bond acceptors (Lipinski definition) is 0. The molecule has 0 amide bonds. The molecule has 0 saturated carbocycles. The van der Waals surface area contributed by atoms with Gasteiger partial charge in [-0.1, -0.05) is 0 Å². The van der Waals surface area contributed by atoms with E-state index >= 15 is 0 Å². The van der Waals surface area contributed by atoms with E-state index in [4.69, 9.17) is 0 Å². The van der Waals surface area contributed by atoms with Gasteiger partial charge < -0.3 is 0 Å². The van der Waals surface area contributed by atoms with Gasteiger partial charge in [-0.2, -0.15) is 0 Å². The van der Waals surface area contributed by atoms with Crippen molar-refractivity contribution in [1.82, 2.24) is 0 Å². The first-order valence-electron chi connectivity index (χ1n) is 7.34. The standard InChI is InChI=1S/2C9H7.CH2F.Zr/c2*1-2-5-9-7-3-6-8(9)4-1;1-2;/h2*1-7H;1H2;. The number of fused-ring (bicyclic) bond motifs is 2. The van der Waals surface area contributed by atoms with Crippen LogP contribution in [0.2, 0.25) is 0 Å². The van der Waals surface area contributed by atoms with Crippen molar-refractivity contribution < 1.29 is 26.1 Å². The van der Waals surface area contributed by atoms with Crippen molar-refractivity contribution in [3.8, 4) is 0 Å². The molecule has 0 bridgehead atoms. The SMILES string of the molecule is F[CH2][Zr]([CH]1C=Cc2ccccc21)[CH]1C=Cc2ccccc21. The maximum atomic E-state index is 14.0. The van der Waals surface area contributed by atoms with Gasteiger partial charge in [0.1, 0.15) is 0 Å². The molecule has 0 fully saturated rings. The van der Waals surface area contributed by atoms with Crippen LogP contribution in [0.15, 0.2) is 60.7 Å². The molecule has 0 aromatic heterocycles. The van der Waals surface area contributed by atoms with Crippen LogP contribution in [-0.4, -0.2) is 4.38 Å². The third-order valence-corrected chi connectivity index (χ3v) is 11.7. The van der Waals surface area contributed by atoms with E-state index in [0.29, 0.717) is 7.25 Å². The third kappa shape index (κ3) is 2.21. The molecule has 2 aromatic rings. The van der Waals surface area contributed by atoms with Crippen molar-refractivity contribution >= 4 is 12.2 Å². The summed E-state index contributed by atoms with van der Waals surface area (Å²) < 4.78 is 14.6. The Bertz CT molecular complexity index is 670. The number of rotatable bonds is 3. The van der Waals surface area contributed by atoms with E-state index in [9.17, 15) is 4.39 Å². The second-order valence-electron chi connectivity index (χ2n) is 5.64. The molecule has 2 atom stereocenters. The topological polar surface area (TPSA) is 0 Å². The Morgan fingerprint density at radius 3 is 1.71 bits per heavy atom. The molecule has 2 aromatic carbocycles. The van der Waals surface area contributed by atoms with Crippen molar-refractivity contribution in [2.75, 3.05) is 4.38 Å². The summed E-state index contributed by atoms with van der Waals surface area (Å²) in [5.74, 6) is 0. The Morgan fingerprint density at radius 2 is 1.24 bits per heavy atom. The number of halogens is 1. The van der Waals surface area contributed by atoms with E-state index in [1.54, 1.807) is 0 Å². The number of hydrogen-bond donors (Lipinski definition) is 0. The summed E-state index contributed by atoms with van der Waals surface area (Å²) in [5.41, 5.74) is 5.26. The predicted molar refractivity (Wildman–Crippen MR) is 82.4 cm³/mol. The zero-order valence-corrected chi connectivity index (χ0v) is 14.1. The van der Waals surface area contributed by atoms with E-state index in [2.05, 4.69) is 72.8 Å². The van der Waals surface area contributed by atoms with Crippen LogP contribution in [0.3, 0.4) is 0 Å². The average molecular weight is 355 g/mol. The maximum absolute atomic E-state index is 14.0. The molecule has 2 aliphatic rings. The zero-order valence-electron chi connectivity index (χ0n) is 11.7. The van der Waals surface area contributed by atoms with Crippen molar-refractivity contribution in [3.05, 3.63) is 82.9 Å². The van der Waals surface area contributed by atoms with Gasteiger partial charge in [-0.25, -0.2) is 0 Å². The molecule has 103 valence electrons. The first-order chi connectivity index (χ1) is 10.4. The molecule has 0 N–H and O–H groups in total.